The van der Waals surface area contributed by atoms with Crippen LogP contribution in [0.3, 0.4) is 0 Å². The Hall–Kier alpha value is -2.30. The van der Waals surface area contributed by atoms with Crippen molar-refractivity contribution in [2.45, 2.75) is 25.8 Å². The summed E-state index contributed by atoms with van der Waals surface area (Å²) in [6.07, 6.45) is 1.94. The van der Waals surface area contributed by atoms with E-state index < -0.39 is 0 Å². The van der Waals surface area contributed by atoms with E-state index in [2.05, 4.69) is 5.16 Å². The van der Waals surface area contributed by atoms with Gasteiger partial charge in [0.2, 0.25) is 5.76 Å². The van der Waals surface area contributed by atoms with Crippen LogP contribution in [-0.2, 0) is 0 Å². The normalized spacial score (nSPS) is 18.0. The summed E-state index contributed by atoms with van der Waals surface area (Å²) in [7, 11) is 1.65. The number of rotatable bonds is 3. The van der Waals surface area contributed by atoms with Crippen LogP contribution in [0.15, 0.2) is 34.9 Å². The number of carbonyl (C=O) groups excluding carboxylic acids is 1. The minimum absolute atomic E-state index is 0.0676. The van der Waals surface area contributed by atoms with Gasteiger partial charge in [-0.15, -0.1) is 0 Å². The van der Waals surface area contributed by atoms with Crippen LogP contribution in [0.1, 0.15) is 40.7 Å². The van der Waals surface area contributed by atoms with Gasteiger partial charge in [0.15, 0.2) is 0 Å². The Morgan fingerprint density at radius 1 is 1.43 bits per heavy atom. The van der Waals surface area contributed by atoms with E-state index in [1.807, 2.05) is 36.1 Å². The molecular weight excluding hydrogens is 268 g/mol. The fraction of sp³-hybridized carbons (Fsp3) is 0.375. The lowest BCUT2D eigenvalue weighted by Gasteiger charge is -2.24. The minimum Gasteiger partial charge on any atom is -0.497 e. The molecule has 1 atom stereocenters. The van der Waals surface area contributed by atoms with Gasteiger partial charge in [-0.25, -0.2) is 0 Å². The maximum atomic E-state index is 12.6. The molecule has 5 nitrogen and oxygen atoms in total. The first kappa shape index (κ1) is 13.7. The second kappa shape index (κ2) is 5.60. The summed E-state index contributed by atoms with van der Waals surface area (Å²) < 4.78 is 10.4. The zero-order chi connectivity index (χ0) is 14.8. The molecule has 5 heteroatoms. The molecule has 1 aliphatic rings. The monoisotopic (exact) mass is 286 g/mol. The number of aromatic nitrogens is 1. The van der Waals surface area contributed by atoms with E-state index in [4.69, 9.17) is 9.26 Å². The zero-order valence-electron chi connectivity index (χ0n) is 12.2. The number of hydrogen-bond acceptors (Lipinski definition) is 4. The van der Waals surface area contributed by atoms with Crippen molar-refractivity contribution in [3.63, 3.8) is 0 Å². The molecule has 110 valence electrons. The molecule has 0 aliphatic carbocycles. The summed E-state index contributed by atoms with van der Waals surface area (Å²) in [5.41, 5.74) is 1.81. The number of likely N-dealkylation sites (tertiary alicyclic amines) is 1. The van der Waals surface area contributed by atoms with Gasteiger partial charge in [-0.05, 0) is 37.5 Å². The molecule has 1 amide bonds. The number of methoxy groups -OCH3 is 1. The lowest BCUT2D eigenvalue weighted by atomic mass is 10.0. The number of amides is 1. The molecule has 1 fully saturated rings. The highest BCUT2D eigenvalue weighted by molar-refractivity contribution is 5.92. The third-order valence-electron chi connectivity index (χ3n) is 3.83. The summed E-state index contributed by atoms with van der Waals surface area (Å²) in [5, 5.41) is 3.79. The Morgan fingerprint density at radius 2 is 2.29 bits per heavy atom. The number of nitrogens with zero attached hydrogens (tertiary/aromatic N) is 2. The van der Waals surface area contributed by atoms with Crippen molar-refractivity contribution in [3.05, 3.63) is 47.3 Å². The third-order valence-corrected chi connectivity index (χ3v) is 3.83. The van der Waals surface area contributed by atoms with Gasteiger partial charge < -0.3 is 14.2 Å². The van der Waals surface area contributed by atoms with Gasteiger partial charge in [-0.1, -0.05) is 17.3 Å². The van der Waals surface area contributed by atoms with Crippen LogP contribution in [0.25, 0.3) is 0 Å². The number of carbonyl (C=O) groups is 1. The third kappa shape index (κ3) is 2.63. The molecule has 0 unspecified atom stereocenters. The summed E-state index contributed by atoms with van der Waals surface area (Å²) >= 11 is 0. The number of aryl methyl sites for hydroxylation is 1. The molecule has 1 aromatic heterocycles. The van der Waals surface area contributed by atoms with Crippen molar-refractivity contribution < 1.29 is 14.1 Å². The van der Waals surface area contributed by atoms with E-state index >= 15 is 0 Å². The molecule has 0 N–H and O–H groups in total. The summed E-state index contributed by atoms with van der Waals surface area (Å²) in [6.45, 7) is 2.55. The fourth-order valence-electron chi connectivity index (χ4n) is 2.81. The molecule has 3 rings (SSSR count). The second-order valence-corrected chi connectivity index (χ2v) is 5.27. The Balaban J connectivity index is 1.86. The van der Waals surface area contributed by atoms with Gasteiger partial charge in [0.1, 0.15) is 5.75 Å². The van der Waals surface area contributed by atoms with Gasteiger partial charge in [-0.2, -0.15) is 0 Å². The van der Waals surface area contributed by atoms with Crippen LogP contribution in [0.4, 0.5) is 0 Å². The van der Waals surface area contributed by atoms with Gasteiger partial charge in [0.05, 0.1) is 18.8 Å². The van der Waals surface area contributed by atoms with E-state index in [1.54, 1.807) is 13.2 Å². The highest BCUT2D eigenvalue weighted by atomic mass is 16.5. The van der Waals surface area contributed by atoms with Gasteiger partial charge in [0.25, 0.3) is 5.91 Å². The average molecular weight is 286 g/mol. The van der Waals surface area contributed by atoms with E-state index in [-0.39, 0.29) is 11.9 Å². The van der Waals surface area contributed by atoms with E-state index in [0.29, 0.717) is 5.76 Å². The quantitative estimate of drug-likeness (QED) is 0.870. The molecule has 2 aromatic rings. The van der Waals surface area contributed by atoms with Crippen LogP contribution >= 0.6 is 0 Å². The first-order valence-electron chi connectivity index (χ1n) is 7.07. The number of benzene rings is 1. The summed E-state index contributed by atoms with van der Waals surface area (Å²) in [6, 6.07) is 9.63. The van der Waals surface area contributed by atoms with Crippen LogP contribution in [0.5, 0.6) is 5.75 Å². The predicted octanol–water partition coefficient (Wildman–Crippen LogP) is 2.97. The molecule has 2 heterocycles. The summed E-state index contributed by atoms with van der Waals surface area (Å²) in [5.74, 6) is 1.02. The van der Waals surface area contributed by atoms with E-state index in [0.717, 1.165) is 36.4 Å². The predicted molar refractivity (Wildman–Crippen MR) is 77.2 cm³/mol. The average Bonchev–Trinajstić information content (AvgIpc) is 3.15. The molecule has 1 aliphatic heterocycles. The topological polar surface area (TPSA) is 55.6 Å². The highest BCUT2D eigenvalue weighted by Gasteiger charge is 2.32. The van der Waals surface area contributed by atoms with E-state index in [1.165, 1.54) is 0 Å². The SMILES string of the molecule is COc1cccc([C@@H]2CCCN2C(=O)c2cc(C)no2)c1. The Kier molecular flexibility index (Phi) is 3.64. The first-order valence-corrected chi connectivity index (χ1v) is 7.07. The molecule has 0 bridgehead atoms. The Labute approximate surface area is 123 Å². The molecule has 21 heavy (non-hydrogen) atoms. The smallest absolute Gasteiger partial charge is 0.292 e. The van der Waals surface area contributed by atoms with Crippen LogP contribution in [0.2, 0.25) is 0 Å². The van der Waals surface area contributed by atoms with Crippen molar-refractivity contribution in [2.75, 3.05) is 13.7 Å². The maximum absolute atomic E-state index is 12.6. The lowest BCUT2D eigenvalue weighted by Crippen LogP contribution is -2.30. The van der Waals surface area contributed by atoms with Crippen molar-refractivity contribution in [3.8, 4) is 5.75 Å². The van der Waals surface area contributed by atoms with Gasteiger partial charge >= 0.3 is 0 Å². The van der Waals surface area contributed by atoms with Crippen molar-refractivity contribution in [1.29, 1.82) is 0 Å². The molecule has 0 spiro atoms. The van der Waals surface area contributed by atoms with Gasteiger partial charge in [0, 0.05) is 12.6 Å². The molecule has 0 saturated carbocycles. The Bertz CT molecular complexity index is 650. The molecular formula is C16H18N2O3. The van der Waals surface area contributed by atoms with Crippen molar-refractivity contribution in [1.82, 2.24) is 10.1 Å². The maximum Gasteiger partial charge on any atom is 0.292 e. The second-order valence-electron chi connectivity index (χ2n) is 5.27. The van der Waals surface area contributed by atoms with Crippen LogP contribution in [0, 0.1) is 6.92 Å². The van der Waals surface area contributed by atoms with Crippen LogP contribution in [-0.4, -0.2) is 29.6 Å². The number of hydrogen-bond donors (Lipinski definition) is 0. The van der Waals surface area contributed by atoms with Crippen LogP contribution < -0.4 is 4.74 Å². The molecule has 1 saturated heterocycles. The first-order chi connectivity index (χ1) is 10.2. The lowest BCUT2D eigenvalue weighted by molar-refractivity contribution is 0.0693. The van der Waals surface area contributed by atoms with Gasteiger partial charge in [-0.3, -0.25) is 4.79 Å². The minimum atomic E-state index is -0.0964. The summed E-state index contributed by atoms with van der Waals surface area (Å²) in [4.78, 5) is 14.4. The Morgan fingerprint density at radius 3 is 3.00 bits per heavy atom. The largest absolute Gasteiger partial charge is 0.497 e. The molecule has 1 aromatic carbocycles. The highest BCUT2D eigenvalue weighted by Crippen LogP contribution is 2.34. The van der Waals surface area contributed by atoms with Crippen molar-refractivity contribution >= 4 is 5.91 Å². The number of ether oxygens (including phenoxy) is 1. The fourth-order valence-corrected chi connectivity index (χ4v) is 2.81. The standard InChI is InChI=1S/C16H18N2O3/c1-11-9-15(21-17-11)16(19)18-8-4-7-14(18)12-5-3-6-13(10-12)20-2/h3,5-6,9-10,14H,4,7-8H2,1-2H3/t14-/m0/s1. The van der Waals surface area contributed by atoms with E-state index in [9.17, 15) is 4.79 Å². The zero-order valence-corrected chi connectivity index (χ0v) is 12.2. The molecule has 0 radical (unpaired) electrons. The van der Waals surface area contributed by atoms with Crippen molar-refractivity contribution in [2.24, 2.45) is 0 Å².